The molecule has 62 heavy (non-hydrogen) atoms. The third-order valence-electron chi connectivity index (χ3n) is 12.5. The minimum atomic E-state index is 0.684. The summed E-state index contributed by atoms with van der Waals surface area (Å²) in [6.45, 7) is 13.4. The molecule has 8 aromatic rings. The number of aromatic nitrogens is 2. The van der Waals surface area contributed by atoms with E-state index in [1.807, 2.05) is 0 Å². The topological polar surface area (TPSA) is 70.1 Å². The smallest absolute Gasteiger partial charge is 0.146 e. The van der Waals surface area contributed by atoms with E-state index in [0.29, 0.717) is 11.0 Å². The van der Waals surface area contributed by atoms with Gasteiger partial charge < -0.3 is 9.80 Å². The van der Waals surface area contributed by atoms with Crippen LogP contribution in [-0.2, 0) is 11.4 Å². The molecule has 1 aliphatic rings. The Bertz CT molecular complexity index is 2700. The van der Waals surface area contributed by atoms with Crippen LogP contribution in [0.3, 0.4) is 0 Å². The van der Waals surface area contributed by atoms with Crippen LogP contribution >= 0.6 is 0 Å². The molecule has 0 saturated heterocycles. The molecule has 1 aromatic heterocycles. The maximum Gasteiger partial charge on any atom is 0.146 e. The maximum absolute atomic E-state index is 5.51. The molecule has 2 heterocycles. The predicted molar refractivity (Wildman–Crippen MR) is 264 cm³/mol. The van der Waals surface area contributed by atoms with Crippen LogP contribution in [-0.4, -0.2) is 36.5 Å². The van der Waals surface area contributed by atoms with Crippen molar-refractivity contribution in [2.24, 2.45) is 8.73 Å². The van der Waals surface area contributed by atoms with Crippen LogP contribution in [0.2, 0.25) is 0 Å². The van der Waals surface area contributed by atoms with E-state index in [4.69, 9.17) is 13.4 Å². The van der Waals surface area contributed by atoms with Crippen molar-refractivity contribution in [1.29, 1.82) is 0 Å². The number of rotatable bonds is 18. The number of hydrogen-bond donors (Lipinski definition) is 0. The predicted octanol–water partition coefficient (Wildman–Crippen LogP) is 15.7. The van der Waals surface area contributed by atoms with Crippen LogP contribution in [0.15, 0.2) is 135 Å². The number of fused-ring (bicyclic) bond motifs is 4. The van der Waals surface area contributed by atoms with Gasteiger partial charge in [-0.2, -0.15) is 8.73 Å². The molecule has 0 bridgehead atoms. The van der Waals surface area contributed by atoms with Crippen molar-refractivity contribution in [2.75, 3.05) is 36.0 Å². The summed E-state index contributed by atoms with van der Waals surface area (Å²) in [5.74, 6) is 0. The average molecular weight is 837 g/mol. The first kappa shape index (κ1) is 41.2. The van der Waals surface area contributed by atoms with Crippen LogP contribution in [0, 0.1) is 0 Å². The Labute approximate surface area is 369 Å². The monoisotopic (exact) mass is 836 g/mol. The third kappa shape index (κ3) is 7.93. The van der Waals surface area contributed by atoms with E-state index < -0.39 is 0 Å². The van der Waals surface area contributed by atoms with Gasteiger partial charge in [0, 0.05) is 59.5 Å². The van der Waals surface area contributed by atoms with E-state index in [2.05, 4.69) is 169 Å². The molecule has 0 unspecified atom stereocenters. The van der Waals surface area contributed by atoms with Gasteiger partial charge >= 0.3 is 0 Å². The highest BCUT2D eigenvalue weighted by molar-refractivity contribution is 7.58. The number of anilines is 2. The molecule has 314 valence electrons. The summed E-state index contributed by atoms with van der Waals surface area (Å²) in [6, 6.07) is 44.5. The van der Waals surface area contributed by atoms with Crippen LogP contribution in [0.1, 0.15) is 79.1 Å². The third-order valence-corrected chi connectivity index (χ3v) is 13.0. The molecule has 0 amide bonds. The summed E-state index contributed by atoms with van der Waals surface area (Å²) >= 11 is 1.22. The van der Waals surface area contributed by atoms with E-state index in [-0.39, 0.29) is 0 Å². The van der Waals surface area contributed by atoms with Gasteiger partial charge in [-0.1, -0.05) is 163 Å². The van der Waals surface area contributed by atoms with E-state index in [0.717, 1.165) is 70.9 Å². The number of hydrogen-bond acceptors (Lipinski definition) is 7. The summed E-state index contributed by atoms with van der Waals surface area (Å²) in [5.41, 5.74) is 14.2. The van der Waals surface area contributed by atoms with Crippen molar-refractivity contribution in [2.45, 2.75) is 79.1 Å². The van der Waals surface area contributed by atoms with Gasteiger partial charge in [0.15, 0.2) is 0 Å². The van der Waals surface area contributed by atoms with Gasteiger partial charge in [-0.3, -0.25) is 0 Å². The van der Waals surface area contributed by atoms with E-state index >= 15 is 0 Å². The van der Waals surface area contributed by atoms with Crippen molar-refractivity contribution in [3.63, 3.8) is 0 Å². The van der Waals surface area contributed by atoms with Crippen molar-refractivity contribution in [3.8, 4) is 44.5 Å². The molecule has 7 nitrogen and oxygen atoms in total. The normalized spacial score (nSPS) is 12.1. The van der Waals surface area contributed by atoms with Gasteiger partial charge in [0.2, 0.25) is 0 Å². The zero-order valence-corrected chi connectivity index (χ0v) is 37.3. The molecule has 0 spiro atoms. The van der Waals surface area contributed by atoms with Crippen molar-refractivity contribution in [1.82, 2.24) is 10.3 Å². The van der Waals surface area contributed by atoms with E-state index in [1.54, 1.807) is 0 Å². The molecule has 0 N–H and O–H groups in total. The highest BCUT2D eigenvalue weighted by Crippen LogP contribution is 2.52. The average Bonchev–Trinajstić information content (AvgIpc) is 4.02. The van der Waals surface area contributed by atoms with Gasteiger partial charge in [0.25, 0.3) is 0 Å². The molecule has 1 aliphatic heterocycles. The van der Waals surface area contributed by atoms with Gasteiger partial charge in [-0.25, -0.2) is 4.63 Å². The fourth-order valence-corrected chi connectivity index (χ4v) is 9.72. The lowest BCUT2D eigenvalue weighted by molar-refractivity contribution is 0.315. The summed E-state index contributed by atoms with van der Waals surface area (Å²) in [4.78, 5) is 5.17. The Morgan fingerprint density at radius 1 is 0.419 bits per heavy atom. The lowest BCUT2D eigenvalue weighted by Gasteiger charge is -2.27. The second kappa shape index (κ2) is 18.9. The van der Waals surface area contributed by atoms with Gasteiger partial charge in [-0.05, 0) is 92.3 Å². The Balaban J connectivity index is 1.05. The van der Waals surface area contributed by atoms with Crippen LogP contribution in [0.5, 0.6) is 0 Å². The Kier molecular flexibility index (Phi) is 12.6. The van der Waals surface area contributed by atoms with Crippen molar-refractivity contribution >= 4 is 66.7 Å². The Morgan fingerprint density at radius 3 is 1.15 bits per heavy atom. The zero-order chi connectivity index (χ0) is 42.4. The minimum Gasteiger partial charge on any atom is -0.371 e. The number of benzene rings is 7. The molecular formula is C54H56N6OS. The molecule has 7 aromatic carbocycles. The van der Waals surface area contributed by atoms with Crippen molar-refractivity contribution in [3.05, 3.63) is 121 Å². The SMILES string of the molecule is CCCCN(CCCC)c1ccc(-c2ccc(-c3c4c(c(-c5ccc(-c6ccc(N(CCCC)CCCC)c7ccccc67)cc5)c5nonc35)N=S=N4)cc2)c2ccccc12. The molecule has 0 fully saturated rings. The summed E-state index contributed by atoms with van der Waals surface area (Å²) < 4.78 is 15.3. The molecule has 0 saturated carbocycles. The quantitative estimate of drug-likeness (QED) is 0.0861. The largest absolute Gasteiger partial charge is 0.371 e. The van der Waals surface area contributed by atoms with Gasteiger partial charge in [-0.15, -0.1) is 0 Å². The summed E-state index contributed by atoms with van der Waals surface area (Å²) in [6.07, 6.45) is 9.50. The van der Waals surface area contributed by atoms with Crippen LogP contribution < -0.4 is 9.80 Å². The first-order valence-corrected chi connectivity index (χ1v) is 23.5. The molecule has 0 atom stereocenters. The highest BCUT2D eigenvalue weighted by Gasteiger charge is 2.27. The number of nitrogens with zero attached hydrogens (tertiary/aromatic N) is 6. The van der Waals surface area contributed by atoms with Gasteiger partial charge in [0.05, 0.1) is 11.4 Å². The highest BCUT2D eigenvalue weighted by atomic mass is 32.1. The zero-order valence-electron chi connectivity index (χ0n) is 36.5. The van der Waals surface area contributed by atoms with Crippen LogP contribution in [0.25, 0.3) is 77.1 Å². The first-order valence-electron chi connectivity index (χ1n) is 22.8. The fourth-order valence-electron chi connectivity index (χ4n) is 9.16. The van der Waals surface area contributed by atoms with Crippen molar-refractivity contribution < 1.29 is 4.63 Å². The second-order valence-electron chi connectivity index (χ2n) is 16.6. The fraction of sp³-hybridized carbons (Fsp3) is 0.296. The molecule has 0 aliphatic carbocycles. The van der Waals surface area contributed by atoms with E-state index in [1.165, 1.54) is 107 Å². The number of unbranched alkanes of at least 4 members (excludes halogenated alkanes) is 4. The van der Waals surface area contributed by atoms with Gasteiger partial charge in [0.1, 0.15) is 22.4 Å². The lowest BCUT2D eigenvalue weighted by Crippen LogP contribution is -2.25. The Morgan fingerprint density at radius 2 is 0.774 bits per heavy atom. The Hall–Kier alpha value is -6.12. The second-order valence-corrected chi connectivity index (χ2v) is 17.1. The first-order chi connectivity index (χ1) is 30.6. The molecule has 8 heteroatoms. The molecule has 9 rings (SSSR count). The summed E-state index contributed by atoms with van der Waals surface area (Å²) in [7, 11) is 0. The minimum absolute atomic E-state index is 0.684. The lowest BCUT2D eigenvalue weighted by atomic mass is 9.91. The van der Waals surface area contributed by atoms with Crippen LogP contribution in [0.4, 0.5) is 22.7 Å². The standard InChI is InChI=1S/C54H56N6OS/c1-5-9-33-59(34-10-6-2)47-31-29-41(43-17-13-15-19-45(43)47)37-21-25-39(26-22-37)49-51-52(56-61-55-51)50(54-53(49)57-62-58-54)40-27-23-38(24-28-40)42-30-32-48(46-20-16-14-18-44(42)46)60(35-11-7-3)36-12-8-4/h13-32H,5-12,33-36H2,1-4H3. The van der Waals surface area contributed by atoms with E-state index in [9.17, 15) is 0 Å². The summed E-state index contributed by atoms with van der Waals surface area (Å²) in [5, 5.41) is 14.1. The molecule has 0 radical (unpaired) electrons. The maximum atomic E-state index is 5.51. The molecular weight excluding hydrogens is 781 g/mol.